The van der Waals surface area contributed by atoms with Crippen LogP contribution < -0.4 is 11.1 Å². The molecule has 1 fully saturated rings. The van der Waals surface area contributed by atoms with E-state index in [1.165, 1.54) is 12.8 Å². The minimum atomic E-state index is 0.0221. The maximum absolute atomic E-state index is 11.7. The smallest absolute Gasteiger partial charge is 0.223 e. The average molecular weight is 198 g/mol. The monoisotopic (exact) mass is 198 g/mol. The van der Waals surface area contributed by atoms with Gasteiger partial charge in [-0.2, -0.15) is 0 Å². The van der Waals surface area contributed by atoms with E-state index in [-0.39, 0.29) is 17.2 Å². The molecule has 1 rings (SSSR count). The molecule has 3 nitrogen and oxygen atoms in total. The molecule has 0 spiro atoms. The molecule has 1 aliphatic rings. The van der Waals surface area contributed by atoms with Crippen molar-refractivity contribution in [1.29, 1.82) is 0 Å². The second-order valence-electron chi connectivity index (χ2n) is 5.07. The summed E-state index contributed by atoms with van der Waals surface area (Å²) in [4.78, 5) is 11.7. The van der Waals surface area contributed by atoms with E-state index in [4.69, 9.17) is 5.73 Å². The number of rotatable bonds is 4. The highest BCUT2D eigenvalue weighted by Gasteiger charge is 2.24. The molecule has 0 unspecified atom stereocenters. The van der Waals surface area contributed by atoms with E-state index in [0.717, 1.165) is 12.8 Å². The third-order valence-electron chi connectivity index (χ3n) is 3.02. The zero-order valence-electron chi connectivity index (χ0n) is 9.31. The van der Waals surface area contributed by atoms with Crippen molar-refractivity contribution in [2.24, 2.45) is 17.1 Å². The zero-order chi connectivity index (χ0) is 10.6. The van der Waals surface area contributed by atoms with E-state index in [0.29, 0.717) is 13.1 Å². The first kappa shape index (κ1) is 11.5. The molecule has 3 heteroatoms. The van der Waals surface area contributed by atoms with Gasteiger partial charge in [0, 0.05) is 12.5 Å². The maximum Gasteiger partial charge on any atom is 0.223 e. The summed E-state index contributed by atoms with van der Waals surface area (Å²) in [6, 6.07) is 0. The van der Waals surface area contributed by atoms with Gasteiger partial charge in [-0.1, -0.05) is 26.7 Å². The van der Waals surface area contributed by atoms with E-state index in [9.17, 15) is 4.79 Å². The molecule has 0 heterocycles. The van der Waals surface area contributed by atoms with Crippen LogP contribution in [0.15, 0.2) is 0 Å². The number of carbonyl (C=O) groups excluding carboxylic acids is 1. The number of carbonyl (C=O) groups is 1. The first-order valence-corrected chi connectivity index (χ1v) is 5.53. The standard InChI is InChI=1S/C11H22N2O/c1-11(2,7-12)8-13-10(14)9-5-3-4-6-9/h9H,3-8,12H2,1-2H3,(H,13,14). The van der Waals surface area contributed by atoms with Crippen LogP contribution in [0.3, 0.4) is 0 Å². The van der Waals surface area contributed by atoms with Gasteiger partial charge >= 0.3 is 0 Å². The normalized spacial score (nSPS) is 18.5. The third kappa shape index (κ3) is 3.29. The lowest BCUT2D eigenvalue weighted by Gasteiger charge is -2.23. The van der Waals surface area contributed by atoms with Gasteiger partial charge in [-0.15, -0.1) is 0 Å². The molecular weight excluding hydrogens is 176 g/mol. The molecular formula is C11H22N2O. The molecule has 0 atom stereocenters. The van der Waals surface area contributed by atoms with Gasteiger partial charge in [-0.3, -0.25) is 4.79 Å². The lowest BCUT2D eigenvalue weighted by atomic mass is 9.93. The van der Waals surface area contributed by atoms with Crippen LogP contribution in [0.1, 0.15) is 39.5 Å². The molecule has 0 aromatic heterocycles. The molecule has 1 amide bonds. The van der Waals surface area contributed by atoms with Crippen LogP contribution in [0.2, 0.25) is 0 Å². The van der Waals surface area contributed by atoms with Crippen LogP contribution in [0.25, 0.3) is 0 Å². The third-order valence-corrected chi connectivity index (χ3v) is 3.02. The van der Waals surface area contributed by atoms with E-state index < -0.39 is 0 Å². The Balaban J connectivity index is 2.27. The van der Waals surface area contributed by atoms with Crippen molar-refractivity contribution in [3.63, 3.8) is 0 Å². The molecule has 82 valence electrons. The van der Waals surface area contributed by atoms with Crippen LogP contribution in [0.5, 0.6) is 0 Å². The van der Waals surface area contributed by atoms with E-state index in [1.54, 1.807) is 0 Å². The number of hydrogen-bond acceptors (Lipinski definition) is 2. The van der Waals surface area contributed by atoms with Crippen molar-refractivity contribution in [3.8, 4) is 0 Å². The summed E-state index contributed by atoms with van der Waals surface area (Å²) >= 11 is 0. The van der Waals surface area contributed by atoms with Crippen molar-refractivity contribution in [3.05, 3.63) is 0 Å². The Hall–Kier alpha value is -0.570. The van der Waals surface area contributed by atoms with Gasteiger partial charge in [0.25, 0.3) is 0 Å². The Morgan fingerprint density at radius 1 is 1.43 bits per heavy atom. The summed E-state index contributed by atoms with van der Waals surface area (Å²) in [5, 5.41) is 3.00. The van der Waals surface area contributed by atoms with Gasteiger partial charge in [-0.05, 0) is 24.8 Å². The van der Waals surface area contributed by atoms with Crippen LogP contribution in [-0.2, 0) is 4.79 Å². The fraction of sp³-hybridized carbons (Fsp3) is 0.909. The lowest BCUT2D eigenvalue weighted by molar-refractivity contribution is -0.125. The summed E-state index contributed by atoms with van der Waals surface area (Å²) in [7, 11) is 0. The van der Waals surface area contributed by atoms with Crippen molar-refractivity contribution < 1.29 is 4.79 Å². The minimum Gasteiger partial charge on any atom is -0.355 e. The minimum absolute atomic E-state index is 0.0221. The summed E-state index contributed by atoms with van der Waals surface area (Å²) in [6.07, 6.45) is 4.54. The van der Waals surface area contributed by atoms with Gasteiger partial charge in [0.2, 0.25) is 5.91 Å². The summed E-state index contributed by atoms with van der Waals surface area (Å²) in [6.45, 7) is 5.45. The van der Waals surface area contributed by atoms with Gasteiger partial charge in [-0.25, -0.2) is 0 Å². The predicted molar refractivity (Wildman–Crippen MR) is 57.8 cm³/mol. The first-order valence-electron chi connectivity index (χ1n) is 5.53. The average Bonchev–Trinajstić information content (AvgIpc) is 2.67. The Labute approximate surface area is 86.4 Å². The molecule has 0 aromatic rings. The van der Waals surface area contributed by atoms with Gasteiger partial charge in [0.15, 0.2) is 0 Å². The zero-order valence-corrected chi connectivity index (χ0v) is 9.31. The largest absolute Gasteiger partial charge is 0.355 e. The van der Waals surface area contributed by atoms with Crippen molar-refractivity contribution in [1.82, 2.24) is 5.32 Å². The molecule has 0 saturated heterocycles. The Morgan fingerprint density at radius 3 is 2.50 bits per heavy atom. The van der Waals surface area contributed by atoms with Crippen LogP contribution >= 0.6 is 0 Å². The summed E-state index contributed by atoms with van der Waals surface area (Å²) in [5.41, 5.74) is 5.62. The second kappa shape index (κ2) is 4.78. The van der Waals surface area contributed by atoms with Crippen LogP contribution in [0, 0.1) is 11.3 Å². The topological polar surface area (TPSA) is 55.1 Å². The highest BCUT2D eigenvalue weighted by Crippen LogP contribution is 2.24. The fourth-order valence-electron chi connectivity index (χ4n) is 1.73. The molecule has 0 bridgehead atoms. The number of nitrogens with one attached hydrogen (secondary N) is 1. The molecule has 3 N–H and O–H groups in total. The molecule has 0 radical (unpaired) electrons. The Morgan fingerprint density at radius 2 is 2.00 bits per heavy atom. The SMILES string of the molecule is CC(C)(CN)CNC(=O)C1CCCC1. The van der Waals surface area contributed by atoms with Gasteiger partial charge in [0.1, 0.15) is 0 Å². The van der Waals surface area contributed by atoms with Gasteiger partial charge in [0.05, 0.1) is 0 Å². The number of nitrogens with two attached hydrogens (primary N) is 1. The van der Waals surface area contributed by atoms with Crippen LogP contribution in [-0.4, -0.2) is 19.0 Å². The predicted octanol–water partition coefficient (Wildman–Crippen LogP) is 1.28. The molecule has 1 aliphatic carbocycles. The van der Waals surface area contributed by atoms with Gasteiger partial charge < -0.3 is 11.1 Å². The highest BCUT2D eigenvalue weighted by atomic mass is 16.1. The first-order chi connectivity index (χ1) is 6.55. The molecule has 1 saturated carbocycles. The number of hydrogen-bond donors (Lipinski definition) is 2. The summed E-state index contributed by atoms with van der Waals surface area (Å²) < 4.78 is 0. The maximum atomic E-state index is 11.7. The van der Waals surface area contributed by atoms with Crippen molar-refractivity contribution >= 4 is 5.91 Å². The quantitative estimate of drug-likeness (QED) is 0.715. The summed E-state index contributed by atoms with van der Waals surface area (Å²) in [5.74, 6) is 0.493. The highest BCUT2D eigenvalue weighted by molar-refractivity contribution is 5.78. The number of amides is 1. The Kier molecular flexibility index (Phi) is 3.93. The molecule has 0 aromatic carbocycles. The van der Waals surface area contributed by atoms with E-state index in [1.807, 2.05) is 0 Å². The fourth-order valence-corrected chi connectivity index (χ4v) is 1.73. The van der Waals surface area contributed by atoms with E-state index >= 15 is 0 Å². The van der Waals surface area contributed by atoms with E-state index in [2.05, 4.69) is 19.2 Å². The molecule has 14 heavy (non-hydrogen) atoms. The van der Waals surface area contributed by atoms with Crippen molar-refractivity contribution in [2.75, 3.05) is 13.1 Å². The van der Waals surface area contributed by atoms with Crippen LogP contribution in [0.4, 0.5) is 0 Å². The Bertz CT molecular complexity index is 195. The lowest BCUT2D eigenvalue weighted by Crippen LogP contribution is -2.40. The van der Waals surface area contributed by atoms with Crippen molar-refractivity contribution in [2.45, 2.75) is 39.5 Å². The molecule has 0 aliphatic heterocycles. The second-order valence-corrected chi connectivity index (χ2v) is 5.07.